The number of piperidine rings is 1. The molecule has 0 bridgehead atoms. The quantitative estimate of drug-likeness (QED) is 0.735. The summed E-state index contributed by atoms with van der Waals surface area (Å²) in [5.41, 5.74) is 1.96. The summed E-state index contributed by atoms with van der Waals surface area (Å²) in [6.45, 7) is 8.59. The van der Waals surface area contributed by atoms with Gasteiger partial charge >= 0.3 is 0 Å². The van der Waals surface area contributed by atoms with E-state index in [9.17, 15) is 4.79 Å². The van der Waals surface area contributed by atoms with Gasteiger partial charge in [0.2, 0.25) is 0 Å². The van der Waals surface area contributed by atoms with Crippen LogP contribution in [0, 0.1) is 12.8 Å². The molecule has 1 aromatic rings. The first-order valence-corrected chi connectivity index (χ1v) is 7.04. The number of Topliss-reactive ketones (excluding diaryl/α,β-unsaturated/α-hetero) is 1. The fourth-order valence-electron chi connectivity index (χ4n) is 2.03. The van der Waals surface area contributed by atoms with Crippen molar-refractivity contribution in [3.05, 3.63) is 35.4 Å². The van der Waals surface area contributed by atoms with Gasteiger partial charge in [-0.25, -0.2) is 0 Å². The lowest BCUT2D eigenvalue weighted by Crippen LogP contribution is -3.00. The second-order valence-corrected chi connectivity index (χ2v) is 5.32. The number of carbonyl (C=O) groups is 1. The van der Waals surface area contributed by atoms with E-state index in [1.807, 2.05) is 45.0 Å². The lowest BCUT2D eigenvalue weighted by Gasteiger charge is -2.05. The molecule has 0 amide bonds. The number of halogens is 1. The number of nitrogens with two attached hydrogens (primary N) is 1. The maximum absolute atomic E-state index is 11.5. The average molecular weight is 284 g/mol. The van der Waals surface area contributed by atoms with Gasteiger partial charge in [0, 0.05) is 11.5 Å². The first-order chi connectivity index (χ1) is 8.61. The Morgan fingerprint density at radius 1 is 1.16 bits per heavy atom. The number of ketones is 1. The fourth-order valence-corrected chi connectivity index (χ4v) is 2.03. The summed E-state index contributed by atoms with van der Waals surface area (Å²) in [5, 5.41) is 2.39. The summed E-state index contributed by atoms with van der Waals surface area (Å²) < 4.78 is 0. The van der Waals surface area contributed by atoms with Crippen molar-refractivity contribution < 1.29 is 22.5 Å². The molecular weight excluding hydrogens is 258 g/mol. The molecule has 1 fully saturated rings. The molecule has 0 unspecified atom stereocenters. The molecule has 19 heavy (non-hydrogen) atoms. The summed E-state index contributed by atoms with van der Waals surface area (Å²) in [6.07, 6.45) is 4.36. The number of aryl methyl sites for hydroxylation is 1. The molecule has 0 radical (unpaired) electrons. The highest BCUT2D eigenvalue weighted by Gasteiger charge is 2.09. The molecule has 1 aliphatic rings. The van der Waals surface area contributed by atoms with E-state index in [1.165, 1.54) is 32.4 Å². The van der Waals surface area contributed by atoms with Crippen LogP contribution in [0.1, 0.15) is 49.0 Å². The lowest BCUT2D eigenvalue weighted by molar-refractivity contribution is -0.662. The third kappa shape index (κ3) is 7.34. The zero-order valence-corrected chi connectivity index (χ0v) is 13.0. The van der Waals surface area contributed by atoms with Crippen LogP contribution in [0.15, 0.2) is 24.3 Å². The van der Waals surface area contributed by atoms with Crippen molar-refractivity contribution in [2.24, 2.45) is 5.92 Å². The Morgan fingerprint density at radius 2 is 1.79 bits per heavy atom. The molecule has 2 nitrogen and oxygen atoms in total. The Kier molecular flexibility index (Phi) is 9.54. The predicted molar refractivity (Wildman–Crippen MR) is 75.9 cm³/mol. The monoisotopic (exact) mass is 283 g/mol. The van der Waals surface area contributed by atoms with E-state index in [1.54, 1.807) is 0 Å². The molecule has 0 spiro atoms. The van der Waals surface area contributed by atoms with Crippen molar-refractivity contribution >= 4 is 5.78 Å². The zero-order valence-electron chi connectivity index (χ0n) is 12.3. The van der Waals surface area contributed by atoms with Gasteiger partial charge in [-0.3, -0.25) is 4.79 Å². The van der Waals surface area contributed by atoms with Gasteiger partial charge in [0.25, 0.3) is 0 Å². The summed E-state index contributed by atoms with van der Waals surface area (Å²) in [6, 6.07) is 7.72. The van der Waals surface area contributed by atoms with Crippen molar-refractivity contribution in [1.29, 1.82) is 0 Å². The Morgan fingerprint density at radius 3 is 2.16 bits per heavy atom. The van der Waals surface area contributed by atoms with E-state index in [-0.39, 0.29) is 24.1 Å². The summed E-state index contributed by atoms with van der Waals surface area (Å²) in [5.74, 6) is 0.311. The number of carbonyl (C=O) groups excluding carboxylic acids is 1. The fraction of sp³-hybridized carbons (Fsp3) is 0.562. The Hall–Kier alpha value is -0.860. The van der Waals surface area contributed by atoms with E-state index < -0.39 is 0 Å². The van der Waals surface area contributed by atoms with Gasteiger partial charge in [-0.2, -0.15) is 0 Å². The van der Waals surface area contributed by atoms with Crippen molar-refractivity contribution in [3.63, 3.8) is 0 Å². The van der Waals surface area contributed by atoms with Crippen LogP contribution in [-0.2, 0) is 0 Å². The molecule has 1 saturated heterocycles. The zero-order chi connectivity index (χ0) is 13.4. The topological polar surface area (TPSA) is 33.7 Å². The maximum Gasteiger partial charge on any atom is 0.165 e. The number of rotatable bonds is 2. The van der Waals surface area contributed by atoms with Gasteiger partial charge < -0.3 is 17.7 Å². The highest BCUT2D eigenvalue weighted by atomic mass is 35.5. The van der Waals surface area contributed by atoms with Crippen LogP contribution in [-0.4, -0.2) is 18.9 Å². The van der Waals surface area contributed by atoms with Crippen LogP contribution < -0.4 is 17.7 Å². The largest absolute Gasteiger partial charge is 1.00 e. The van der Waals surface area contributed by atoms with Crippen molar-refractivity contribution in [3.8, 4) is 0 Å². The molecule has 1 heterocycles. The molecule has 1 aromatic carbocycles. The molecule has 0 aromatic heterocycles. The minimum atomic E-state index is 0. The molecule has 1 aliphatic heterocycles. The van der Waals surface area contributed by atoms with Gasteiger partial charge in [-0.05, 0) is 32.3 Å². The SMILES string of the molecule is C1CC[NH2+]CC1.Cc1cccc(C(=O)C(C)C)c1.[Cl-]. The van der Waals surface area contributed by atoms with Gasteiger partial charge in [-0.1, -0.05) is 37.6 Å². The van der Waals surface area contributed by atoms with E-state index in [4.69, 9.17) is 0 Å². The Bertz CT molecular complexity index is 361. The number of quaternary nitrogens is 1. The Labute approximate surface area is 123 Å². The molecule has 0 saturated carbocycles. The van der Waals surface area contributed by atoms with Gasteiger partial charge in [0.15, 0.2) is 5.78 Å². The van der Waals surface area contributed by atoms with E-state index in [0.717, 1.165) is 11.1 Å². The van der Waals surface area contributed by atoms with Crippen molar-refractivity contribution in [1.82, 2.24) is 0 Å². The van der Waals surface area contributed by atoms with Crippen LogP contribution in [0.4, 0.5) is 0 Å². The summed E-state index contributed by atoms with van der Waals surface area (Å²) >= 11 is 0. The highest BCUT2D eigenvalue weighted by molar-refractivity contribution is 5.97. The molecular formula is C16H26ClNO. The predicted octanol–water partition coefficient (Wildman–Crippen LogP) is -0.429. The van der Waals surface area contributed by atoms with Crippen LogP contribution in [0.5, 0.6) is 0 Å². The van der Waals surface area contributed by atoms with Crippen molar-refractivity contribution in [2.75, 3.05) is 13.1 Å². The molecule has 0 atom stereocenters. The minimum Gasteiger partial charge on any atom is -1.00 e. The van der Waals surface area contributed by atoms with Crippen LogP contribution in [0.2, 0.25) is 0 Å². The second kappa shape index (κ2) is 9.99. The number of hydrogen-bond acceptors (Lipinski definition) is 1. The Balaban J connectivity index is 0.000000392. The van der Waals surface area contributed by atoms with E-state index >= 15 is 0 Å². The van der Waals surface area contributed by atoms with E-state index in [0.29, 0.717) is 0 Å². The van der Waals surface area contributed by atoms with Gasteiger partial charge in [-0.15, -0.1) is 0 Å². The van der Waals surface area contributed by atoms with Crippen LogP contribution in [0.25, 0.3) is 0 Å². The molecule has 2 N–H and O–H groups in total. The number of hydrogen-bond donors (Lipinski definition) is 1. The second-order valence-electron chi connectivity index (χ2n) is 5.32. The van der Waals surface area contributed by atoms with Crippen molar-refractivity contribution in [2.45, 2.75) is 40.0 Å². The summed E-state index contributed by atoms with van der Waals surface area (Å²) in [7, 11) is 0. The van der Waals surface area contributed by atoms with Crippen LogP contribution in [0.3, 0.4) is 0 Å². The normalized spacial score (nSPS) is 14.1. The first kappa shape index (κ1) is 18.1. The first-order valence-electron chi connectivity index (χ1n) is 7.04. The minimum absolute atomic E-state index is 0. The lowest BCUT2D eigenvalue weighted by atomic mass is 10.00. The average Bonchev–Trinajstić information content (AvgIpc) is 2.40. The third-order valence-electron chi connectivity index (χ3n) is 3.14. The third-order valence-corrected chi connectivity index (χ3v) is 3.14. The molecule has 3 heteroatoms. The standard InChI is InChI=1S/C11H14O.C5H11N.ClH/c1-8(2)11(12)10-6-4-5-9(3)7-10;1-2-4-6-5-3-1;/h4-8H,1-3H3;6H,1-5H2;1H. The molecule has 0 aliphatic carbocycles. The summed E-state index contributed by atoms with van der Waals surface area (Å²) in [4.78, 5) is 11.5. The van der Waals surface area contributed by atoms with E-state index in [2.05, 4.69) is 5.32 Å². The number of benzene rings is 1. The highest BCUT2D eigenvalue weighted by Crippen LogP contribution is 2.09. The smallest absolute Gasteiger partial charge is 0.165 e. The van der Waals surface area contributed by atoms with Gasteiger partial charge in [0.1, 0.15) is 0 Å². The van der Waals surface area contributed by atoms with Gasteiger partial charge in [0.05, 0.1) is 13.1 Å². The van der Waals surface area contributed by atoms with Crippen LogP contribution >= 0.6 is 0 Å². The molecule has 2 rings (SSSR count). The molecule has 108 valence electrons. The maximum atomic E-state index is 11.5.